The van der Waals surface area contributed by atoms with Gasteiger partial charge in [-0.15, -0.1) is 11.8 Å². The lowest BCUT2D eigenvalue weighted by Crippen LogP contribution is -2.28. The summed E-state index contributed by atoms with van der Waals surface area (Å²) in [6, 6.07) is 10.6. The Bertz CT molecular complexity index is 550. The number of thioether (sulfide) groups is 1. The number of hydrogen-bond acceptors (Lipinski definition) is 4. The van der Waals surface area contributed by atoms with E-state index in [1.807, 2.05) is 36.9 Å². The van der Waals surface area contributed by atoms with Crippen molar-refractivity contribution in [2.75, 3.05) is 13.7 Å². The van der Waals surface area contributed by atoms with Crippen molar-refractivity contribution in [3.8, 4) is 5.75 Å². The summed E-state index contributed by atoms with van der Waals surface area (Å²) in [5, 5.41) is 3.97. The first-order valence-corrected chi connectivity index (χ1v) is 8.11. The molecule has 0 fully saturated rings. The minimum absolute atomic E-state index is 0.292. The van der Waals surface area contributed by atoms with E-state index in [4.69, 9.17) is 9.15 Å². The Kier molecular flexibility index (Phi) is 5.76. The maximum Gasteiger partial charge on any atom is 0.118 e. The Morgan fingerprint density at radius 2 is 1.95 bits per heavy atom. The van der Waals surface area contributed by atoms with E-state index in [0.717, 1.165) is 18.1 Å². The van der Waals surface area contributed by atoms with E-state index in [9.17, 15) is 0 Å². The number of methoxy groups -OCH3 is 1. The molecule has 0 bridgehead atoms. The number of hydrogen-bond donors (Lipinski definition) is 1. The topological polar surface area (TPSA) is 34.4 Å². The van der Waals surface area contributed by atoms with Gasteiger partial charge < -0.3 is 14.5 Å². The van der Waals surface area contributed by atoms with Crippen LogP contribution in [-0.4, -0.2) is 18.9 Å². The van der Waals surface area contributed by atoms with Crippen molar-refractivity contribution in [2.45, 2.75) is 37.0 Å². The first-order valence-electron chi connectivity index (χ1n) is 7.23. The standard InChI is InChI=1S/C17H23NO2S/c1-5-18-17(14-6-8-15(19-4)9-7-14)13(3)21-16-10-11-20-12(16)2/h6-11,13,17-18H,5H2,1-4H3. The Morgan fingerprint density at radius 3 is 2.48 bits per heavy atom. The molecule has 0 amide bonds. The number of benzene rings is 1. The van der Waals surface area contributed by atoms with E-state index in [2.05, 4.69) is 31.3 Å². The molecule has 1 aromatic carbocycles. The molecule has 0 aliphatic carbocycles. The molecule has 1 aromatic heterocycles. The Labute approximate surface area is 131 Å². The summed E-state index contributed by atoms with van der Waals surface area (Å²) in [6.07, 6.45) is 1.75. The fraction of sp³-hybridized carbons (Fsp3) is 0.412. The minimum atomic E-state index is 0.292. The molecule has 4 heteroatoms. The fourth-order valence-corrected chi connectivity index (χ4v) is 3.49. The van der Waals surface area contributed by atoms with Crippen LogP contribution in [0.1, 0.15) is 31.2 Å². The lowest BCUT2D eigenvalue weighted by atomic mass is 10.0. The number of ether oxygens (including phenoxy) is 1. The van der Waals surface area contributed by atoms with E-state index in [1.54, 1.807) is 13.4 Å². The van der Waals surface area contributed by atoms with Gasteiger partial charge in [0.25, 0.3) is 0 Å². The third kappa shape index (κ3) is 4.05. The summed E-state index contributed by atoms with van der Waals surface area (Å²) in [5.41, 5.74) is 1.28. The van der Waals surface area contributed by atoms with Crippen molar-refractivity contribution in [1.29, 1.82) is 0 Å². The molecule has 0 radical (unpaired) electrons. The van der Waals surface area contributed by atoms with E-state index in [1.165, 1.54) is 10.5 Å². The van der Waals surface area contributed by atoms with Crippen LogP contribution in [0.15, 0.2) is 45.9 Å². The molecule has 3 nitrogen and oxygen atoms in total. The van der Waals surface area contributed by atoms with Crippen molar-refractivity contribution in [1.82, 2.24) is 5.32 Å². The van der Waals surface area contributed by atoms with Gasteiger partial charge in [-0.25, -0.2) is 0 Å². The third-order valence-corrected chi connectivity index (χ3v) is 4.81. The summed E-state index contributed by atoms with van der Waals surface area (Å²) >= 11 is 1.84. The van der Waals surface area contributed by atoms with E-state index < -0.39 is 0 Å². The summed E-state index contributed by atoms with van der Waals surface area (Å²) in [4.78, 5) is 1.21. The smallest absolute Gasteiger partial charge is 0.118 e. The van der Waals surface area contributed by atoms with Gasteiger partial charge in [-0.1, -0.05) is 26.0 Å². The molecule has 0 spiro atoms. The number of rotatable bonds is 7. The van der Waals surface area contributed by atoms with E-state index in [0.29, 0.717) is 11.3 Å². The number of aryl methyl sites for hydroxylation is 1. The van der Waals surface area contributed by atoms with E-state index in [-0.39, 0.29) is 0 Å². The monoisotopic (exact) mass is 305 g/mol. The Balaban J connectivity index is 2.14. The second-order valence-electron chi connectivity index (χ2n) is 4.97. The molecule has 2 unspecified atom stereocenters. The quantitative estimate of drug-likeness (QED) is 0.768. The fourth-order valence-electron chi connectivity index (χ4n) is 2.35. The van der Waals surface area contributed by atoms with Crippen molar-refractivity contribution >= 4 is 11.8 Å². The largest absolute Gasteiger partial charge is 0.497 e. The molecule has 0 saturated carbocycles. The van der Waals surface area contributed by atoms with Gasteiger partial charge in [0, 0.05) is 16.2 Å². The van der Waals surface area contributed by atoms with Crippen LogP contribution in [0.3, 0.4) is 0 Å². The Morgan fingerprint density at radius 1 is 1.24 bits per heavy atom. The van der Waals surface area contributed by atoms with Gasteiger partial charge in [-0.3, -0.25) is 0 Å². The Hall–Kier alpha value is -1.39. The lowest BCUT2D eigenvalue weighted by molar-refractivity contribution is 0.414. The molecule has 0 aliphatic heterocycles. The zero-order chi connectivity index (χ0) is 15.2. The predicted molar refractivity (Wildman–Crippen MR) is 88.2 cm³/mol. The van der Waals surface area contributed by atoms with Crippen LogP contribution in [0.2, 0.25) is 0 Å². The maximum absolute atomic E-state index is 5.38. The van der Waals surface area contributed by atoms with Gasteiger partial charge in [0.2, 0.25) is 0 Å². The molecule has 0 saturated heterocycles. The average molecular weight is 305 g/mol. The van der Waals surface area contributed by atoms with Gasteiger partial charge in [-0.05, 0) is 37.2 Å². The highest BCUT2D eigenvalue weighted by molar-refractivity contribution is 8.00. The number of nitrogens with one attached hydrogen (secondary N) is 1. The molecule has 114 valence electrons. The normalized spacial score (nSPS) is 13.9. The minimum Gasteiger partial charge on any atom is -0.497 e. The van der Waals surface area contributed by atoms with Crippen LogP contribution in [-0.2, 0) is 0 Å². The number of furan rings is 1. The zero-order valence-corrected chi connectivity index (χ0v) is 13.9. The van der Waals surface area contributed by atoms with Gasteiger partial charge >= 0.3 is 0 Å². The van der Waals surface area contributed by atoms with Crippen molar-refractivity contribution in [3.05, 3.63) is 47.9 Å². The second kappa shape index (κ2) is 7.57. The summed E-state index contributed by atoms with van der Waals surface area (Å²) in [7, 11) is 1.69. The lowest BCUT2D eigenvalue weighted by Gasteiger charge is -2.25. The van der Waals surface area contributed by atoms with Crippen molar-refractivity contribution in [2.24, 2.45) is 0 Å². The molecule has 21 heavy (non-hydrogen) atoms. The van der Waals surface area contributed by atoms with Crippen LogP contribution in [0.4, 0.5) is 0 Å². The second-order valence-corrected chi connectivity index (χ2v) is 6.39. The summed E-state index contributed by atoms with van der Waals surface area (Å²) in [5.74, 6) is 1.87. The van der Waals surface area contributed by atoms with Gasteiger partial charge in [0.15, 0.2) is 0 Å². The van der Waals surface area contributed by atoms with Crippen LogP contribution >= 0.6 is 11.8 Å². The van der Waals surface area contributed by atoms with Crippen molar-refractivity contribution in [3.63, 3.8) is 0 Å². The predicted octanol–water partition coefficient (Wildman–Crippen LogP) is 4.43. The van der Waals surface area contributed by atoms with E-state index >= 15 is 0 Å². The van der Waals surface area contributed by atoms with Crippen LogP contribution in [0.25, 0.3) is 0 Å². The van der Waals surface area contributed by atoms with Gasteiger partial charge in [0.1, 0.15) is 11.5 Å². The molecular formula is C17H23NO2S. The van der Waals surface area contributed by atoms with Gasteiger partial charge in [0.05, 0.1) is 13.4 Å². The summed E-state index contributed by atoms with van der Waals surface area (Å²) < 4.78 is 10.6. The molecule has 1 heterocycles. The summed E-state index contributed by atoms with van der Waals surface area (Å²) in [6.45, 7) is 7.32. The average Bonchev–Trinajstić information content (AvgIpc) is 2.90. The first kappa shape index (κ1) is 16.0. The third-order valence-electron chi connectivity index (χ3n) is 3.49. The van der Waals surface area contributed by atoms with Gasteiger partial charge in [-0.2, -0.15) is 0 Å². The zero-order valence-electron chi connectivity index (χ0n) is 13.1. The van der Waals surface area contributed by atoms with Crippen LogP contribution in [0, 0.1) is 6.92 Å². The highest BCUT2D eigenvalue weighted by Gasteiger charge is 2.20. The SMILES string of the molecule is CCNC(c1ccc(OC)cc1)C(C)Sc1ccoc1C. The first-order chi connectivity index (χ1) is 10.2. The van der Waals surface area contributed by atoms with Crippen LogP contribution in [0.5, 0.6) is 5.75 Å². The molecule has 2 atom stereocenters. The maximum atomic E-state index is 5.38. The molecular weight excluding hydrogens is 282 g/mol. The molecule has 0 aliphatic rings. The molecule has 2 rings (SSSR count). The van der Waals surface area contributed by atoms with Crippen LogP contribution < -0.4 is 10.1 Å². The highest BCUT2D eigenvalue weighted by atomic mass is 32.2. The molecule has 1 N–H and O–H groups in total. The highest BCUT2D eigenvalue weighted by Crippen LogP contribution is 2.34. The molecule has 2 aromatic rings. The van der Waals surface area contributed by atoms with Crippen molar-refractivity contribution < 1.29 is 9.15 Å².